The highest BCUT2D eigenvalue weighted by atomic mass is 15.5. The zero-order valence-corrected chi connectivity index (χ0v) is 12.1. The summed E-state index contributed by atoms with van der Waals surface area (Å²) in [5.74, 6) is 0. The van der Waals surface area contributed by atoms with Crippen molar-refractivity contribution in [2.24, 2.45) is 5.41 Å². The smallest absolute Gasteiger partial charge is 0.0266 e. The first-order chi connectivity index (χ1) is 8.00. The first-order valence-corrected chi connectivity index (χ1v) is 7.55. The van der Waals surface area contributed by atoms with Crippen LogP contribution in [0.3, 0.4) is 0 Å². The van der Waals surface area contributed by atoms with Crippen molar-refractivity contribution in [2.45, 2.75) is 90.8 Å². The normalized spacial score (nSPS) is 39.2. The van der Waals surface area contributed by atoms with Gasteiger partial charge in [0.15, 0.2) is 0 Å². The average Bonchev–Trinajstić information content (AvgIpc) is 2.25. The fourth-order valence-corrected chi connectivity index (χ4v) is 3.59. The van der Waals surface area contributed by atoms with Crippen LogP contribution in [0.4, 0.5) is 0 Å². The Morgan fingerprint density at radius 2 is 1.59 bits per heavy atom. The van der Waals surface area contributed by atoms with Crippen LogP contribution in [0.25, 0.3) is 0 Å². The SMILES string of the molecule is CC1CCCC(C)N1NC1CCCCC1(C)C. The van der Waals surface area contributed by atoms with Gasteiger partial charge in [-0.25, -0.2) is 5.01 Å². The Balaban J connectivity index is 1.98. The molecule has 2 rings (SSSR count). The number of hydrogen-bond acceptors (Lipinski definition) is 2. The second kappa shape index (κ2) is 5.27. The molecule has 1 N–H and O–H groups in total. The molecule has 0 aromatic rings. The van der Waals surface area contributed by atoms with Gasteiger partial charge < -0.3 is 0 Å². The van der Waals surface area contributed by atoms with Crippen LogP contribution in [-0.2, 0) is 0 Å². The summed E-state index contributed by atoms with van der Waals surface area (Å²) in [5.41, 5.74) is 4.35. The lowest BCUT2D eigenvalue weighted by atomic mass is 9.73. The molecule has 3 unspecified atom stereocenters. The molecule has 3 atom stereocenters. The summed E-state index contributed by atoms with van der Waals surface area (Å²) in [4.78, 5) is 0. The Morgan fingerprint density at radius 1 is 0.941 bits per heavy atom. The van der Waals surface area contributed by atoms with Crippen LogP contribution >= 0.6 is 0 Å². The van der Waals surface area contributed by atoms with Crippen molar-refractivity contribution in [1.82, 2.24) is 10.4 Å². The van der Waals surface area contributed by atoms with Gasteiger partial charge in [-0.2, -0.15) is 0 Å². The first kappa shape index (κ1) is 13.4. The van der Waals surface area contributed by atoms with Crippen molar-refractivity contribution in [1.29, 1.82) is 0 Å². The van der Waals surface area contributed by atoms with E-state index in [9.17, 15) is 0 Å². The molecule has 1 heterocycles. The fourth-order valence-electron chi connectivity index (χ4n) is 3.59. The summed E-state index contributed by atoms with van der Waals surface area (Å²) < 4.78 is 0. The second-order valence-corrected chi connectivity index (χ2v) is 6.95. The van der Waals surface area contributed by atoms with Gasteiger partial charge in [-0.05, 0) is 44.9 Å². The van der Waals surface area contributed by atoms with E-state index in [0.717, 1.165) is 0 Å². The predicted molar refractivity (Wildman–Crippen MR) is 73.8 cm³/mol. The van der Waals surface area contributed by atoms with Gasteiger partial charge in [-0.1, -0.05) is 33.1 Å². The first-order valence-electron chi connectivity index (χ1n) is 7.55. The summed E-state index contributed by atoms with van der Waals surface area (Å²) in [6.45, 7) is 9.61. The van der Waals surface area contributed by atoms with Gasteiger partial charge in [0.25, 0.3) is 0 Å². The van der Waals surface area contributed by atoms with Gasteiger partial charge in [-0.15, -0.1) is 0 Å². The molecule has 2 aliphatic rings. The molecule has 0 aromatic carbocycles. The lowest BCUT2D eigenvalue weighted by molar-refractivity contribution is -0.00707. The highest BCUT2D eigenvalue weighted by Gasteiger charge is 2.35. The van der Waals surface area contributed by atoms with E-state index in [0.29, 0.717) is 23.5 Å². The molecule has 0 amide bonds. The van der Waals surface area contributed by atoms with Crippen LogP contribution in [0.1, 0.15) is 72.6 Å². The van der Waals surface area contributed by atoms with Crippen LogP contribution in [0.5, 0.6) is 0 Å². The number of piperidine rings is 1. The van der Waals surface area contributed by atoms with Crippen molar-refractivity contribution in [3.05, 3.63) is 0 Å². The third-order valence-corrected chi connectivity index (χ3v) is 5.01. The molecule has 0 spiro atoms. The Labute approximate surface area is 107 Å². The van der Waals surface area contributed by atoms with Crippen LogP contribution in [0.15, 0.2) is 0 Å². The molecule has 0 aromatic heterocycles. The van der Waals surface area contributed by atoms with Crippen LogP contribution in [0, 0.1) is 5.41 Å². The Bertz CT molecular complexity index is 239. The third-order valence-electron chi connectivity index (χ3n) is 5.01. The Morgan fingerprint density at radius 3 is 2.18 bits per heavy atom. The van der Waals surface area contributed by atoms with E-state index >= 15 is 0 Å². The minimum atomic E-state index is 0.467. The van der Waals surface area contributed by atoms with E-state index in [4.69, 9.17) is 0 Å². The fraction of sp³-hybridized carbons (Fsp3) is 1.00. The molecule has 2 fully saturated rings. The largest absolute Gasteiger partial charge is 0.251 e. The van der Waals surface area contributed by atoms with Gasteiger partial charge in [0.05, 0.1) is 0 Å². The molecule has 100 valence electrons. The zero-order chi connectivity index (χ0) is 12.5. The highest BCUT2D eigenvalue weighted by Crippen LogP contribution is 2.36. The molecular weight excluding hydrogens is 208 g/mol. The predicted octanol–water partition coefficient (Wildman–Crippen LogP) is 3.72. The second-order valence-electron chi connectivity index (χ2n) is 6.95. The van der Waals surface area contributed by atoms with E-state index in [-0.39, 0.29) is 0 Å². The minimum absolute atomic E-state index is 0.467. The van der Waals surface area contributed by atoms with Gasteiger partial charge in [0.2, 0.25) is 0 Å². The van der Waals surface area contributed by atoms with Gasteiger partial charge >= 0.3 is 0 Å². The van der Waals surface area contributed by atoms with Crippen LogP contribution in [-0.4, -0.2) is 23.1 Å². The highest BCUT2D eigenvalue weighted by molar-refractivity contribution is 4.89. The lowest BCUT2D eigenvalue weighted by Crippen LogP contribution is -2.59. The topological polar surface area (TPSA) is 15.3 Å². The van der Waals surface area contributed by atoms with E-state index in [1.807, 2.05) is 0 Å². The molecule has 1 saturated heterocycles. The monoisotopic (exact) mass is 238 g/mol. The average molecular weight is 238 g/mol. The molecule has 17 heavy (non-hydrogen) atoms. The Kier molecular flexibility index (Phi) is 4.14. The lowest BCUT2D eigenvalue weighted by Gasteiger charge is -2.47. The maximum atomic E-state index is 3.88. The van der Waals surface area contributed by atoms with Crippen molar-refractivity contribution in [3.63, 3.8) is 0 Å². The summed E-state index contributed by atoms with van der Waals surface area (Å²) in [7, 11) is 0. The van der Waals surface area contributed by atoms with Crippen molar-refractivity contribution >= 4 is 0 Å². The van der Waals surface area contributed by atoms with Crippen molar-refractivity contribution in [2.75, 3.05) is 0 Å². The molecule has 2 heteroatoms. The number of nitrogens with one attached hydrogen (secondary N) is 1. The molecule has 1 aliphatic carbocycles. The number of nitrogens with zero attached hydrogens (tertiary/aromatic N) is 1. The summed E-state index contributed by atoms with van der Waals surface area (Å²) in [6.07, 6.45) is 9.64. The maximum absolute atomic E-state index is 3.88. The summed E-state index contributed by atoms with van der Waals surface area (Å²) in [5, 5.41) is 2.56. The van der Waals surface area contributed by atoms with E-state index in [2.05, 4.69) is 38.1 Å². The maximum Gasteiger partial charge on any atom is 0.0266 e. The molecule has 1 saturated carbocycles. The third kappa shape index (κ3) is 3.03. The number of hydrogen-bond donors (Lipinski definition) is 1. The van der Waals surface area contributed by atoms with E-state index in [1.54, 1.807) is 0 Å². The minimum Gasteiger partial charge on any atom is -0.251 e. The van der Waals surface area contributed by atoms with Crippen molar-refractivity contribution < 1.29 is 0 Å². The molecule has 2 nitrogen and oxygen atoms in total. The summed E-state index contributed by atoms with van der Waals surface area (Å²) >= 11 is 0. The standard InChI is InChI=1S/C15H30N2/c1-12-8-7-9-13(2)17(12)16-14-10-5-6-11-15(14,3)4/h12-14,16H,5-11H2,1-4H3. The number of hydrazine groups is 1. The zero-order valence-electron chi connectivity index (χ0n) is 12.1. The van der Waals surface area contributed by atoms with E-state index < -0.39 is 0 Å². The van der Waals surface area contributed by atoms with Crippen LogP contribution < -0.4 is 5.43 Å². The molecule has 0 bridgehead atoms. The molecule has 1 aliphatic heterocycles. The van der Waals surface area contributed by atoms with Gasteiger partial charge in [0.1, 0.15) is 0 Å². The van der Waals surface area contributed by atoms with E-state index in [1.165, 1.54) is 44.9 Å². The molecular formula is C15H30N2. The summed E-state index contributed by atoms with van der Waals surface area (Å²) in [6, 6.07) is 2.09. The van der Waals surface area contributed by atoms with Crippen molar-refractivity contribution in [3.8, 4) is 0 Å². The van der Waals surface area contributed by atoms with Gasteiger partial charge in [0, 0.05) is 18.1 Å². The quantitative estimate of drug-likeness (QED) is 0.788. The number of rotatable bonds is 2. The molecule has 0 radical (unpaired) electrons. The van der Waals surface area contributed by atoms with Gasteiger partial charge in [-0.3, -0.25) is 5.43 Å². The van der Waals surface area contributed by atoms with Crippen LogP contribution in [0.2, 0.25) is 0 Å². The Hall–Kier alpha value is -0.0800.